The Kier molecular flexibility index (Phi) is 5.46. The molecular formula is C21H23NO5. The average molecular weight is 369 g/mol. The number of carboxylic acid groups (broad SMARTS) is 1. The summed E-state index contributed by atoms with van der Waals surface area (Å²) in [5.74, 6) is -1.48. The maximum Gasteiger partial charge on any atom is 0.410 e. The molecule has 0 radical (unpaired) electrons. The van der Waals surface area contributed by atoms with Crippen LogP contribution in [0.5, 0.6) is 0 Å². The number of carbonyl (C=O) groups excluding carboxylic acids is 1. The lowest BCUT2D eigenvalue weighted by Crippen LogP contribution is -2.42. The van der Waals surface area contributed by atoms with Crippen LogP contribution in [0.1, 0.15) is 30.4 Å². The number of hydrogen-bond acceptors (Lipinski definition) is 4. The van der Waals surface area contributed by atoms with Crippen molar-refractivity contribution >= 4 is 12.1 Å². The highest BCUT2D eigenvalue weighted by atomic mass is 16.6. The lowest BCUT2D eigenvalue weighted by atomic mass is 9.82. The van der Waals surface area contributed by atoms with E-state index in [9.17, 15) is 19.8 Å². The Balaban J connectivity index is 1.74. The molecule has 1 aliphatic rings. The summed E-state index contributed by atoms with van der Waals surface area (Å²) in [5.41, 5.74) is 0.365. The summed E-state index contributed by atoms with van der Waals surface area (Å²) in [6, 6.07) is 17.4. The second kappa shape index (κ2) is 7.80. The largest absolute Gasteiger partial charge is 0.480 e. The van der Waals surface area contributed by atoms with Crippen LogP contribution in [0.3, 0.4) is 0 Å². The summed E-state index contributed by atoms with van der Waals surface area (Å²) in [6.07, 6.45) is -0.777. The molecule has 2 unspecified atom stereocenters. The summed E-state index contributed by atoms with van der Waals surface area (Å²) in [5, 5.41) is 20.7. The van der Waals surface area contributed by atoms with Crippen molar-refractivity contribution < 1.29 is 24.5 Å². The maximum atomic E-state index is 12.5. The van der Waals surface area contributed by atoms with Gasteiger partial charge in [0, 0.05) is 12.3 Å². The van der Waals surface area contributed by atoms with Crippen LogP contribution in [0, 0.1) is 0 Å². The van der Waals surface area contributed by atoms with E-state index in [1.807, 2.05) is 67.6 Å². The van der Waals surface area contributed by atoms with Gasteiger partial charge in [-0.05, 0) is 11.1 Å². The normalized spacial score (nSPS) is 23.0. The number of ether oxygens (including phenoxy) is 1. The summed E-state index contributed by atoms with van der Waals surface area (Å²) in [4.78, 5) is 25.3. The molecule has 0 saturated carbocycles. The molecule has 1 aliphatic heterocycles. The van der Waals surface area contributed by atoms with E-state index in [1.165, 1.54) is 0 Å². The van der Waals surface area contributed by atoms with Crippen molar-refractivity contribution in [2.75, 3.05) is 6.54 Å². The number of carboxylic acids is 1. The first-order chi connectivity index (χ1) is 12.9. The number of aliphatic hydroxyl groups is 1. The number of hydrogen-bond donors (Lipinski definition) is 2. The Morgan fingerprint density at radius 3 is 2.33 bits per heavy atom. The van der Waals surface area contributed by atoms with Crippen LogP contribution >= 0.6 is 0 Å². The number of likely N-dealkylation sites (tertiary alicyclic amines) is 1. The van der Waals surface area contributed by atoms with E-state index in [0.29, 0.717) is 0 Å². The molecule has 1 fully saturated rings. The lowest BCUT2D eigenvalue weighted by Gasteiger charge is -2.30. The van der Waals surface area contributed by atoms with E-state index in [2.05, 4.69) is 0 Å². The van der Waals surface area contributed by atoms with Crippen LogP contribution in [-0.4, -0.2) is 45.4 Å². The van der Waals surface area contributed by atoms with Crippen molar-refractivity contribution in [3.8, 4) is 0 Å². The van der Waals surface area contributed by atoms with Gasteiger partial charge in [-0.2, -0.15) is 0 Å². The second-order valence-electron chi connectivity index (χ2n) is 6.96. The summed E-state index contributed by atoms with van der Waals surface area (Å²) < 4.78 is 5.28. The van der Waals surface area contributed by atoms with Crippen LogP contribution < -0.4 is 0 Å². The highest BCUT2D eigenvalue weighted by Crippen LogP contribution is 2.39. The molecule has 1 saturated heterocycles. The fourth-order valence-corrected chi connectivity index (χ4v) is 3.50. The Morgan fingerprint density at radius 1 is 1.15 bits per heavy atom. The Bertz CT molecular complexity index is 795. The van der Waals surface area contributed by atoms with E-state index in [1.54, 1.807) is 0 Å². The topological polar surface area (TPSA) is 87.1 Å². The van der Waals surface area contributed by atoms with Gasteiger partial charge in [0.1, 0.15) is 12.6 Å². The van der Waals surface area contributed by atoms with Crippen molar-refractivity contribution in [3.05, 3.63) is 71.8 Å². The summed E-state index contributed by atoms with van der Waals surface area (Å²) >= 11 is 0. The molecule has 2 aromatic carbocycles. The van der Waals surface area contributed by atoms with Gasteiger partial charge in [0.05, 0.1) is 12.1 Å². The second-order valence-corrected chi connectivity index (χ2v) is 6.96. The van der Waals surface area contributed by atoms with E-state index in [0.717, 1.165) is 16.0 Å². The van der Waals surface area contributed by atoms with Crippen LogP contribution in [0.25, 0.3) is 0 Å². The third-order valence-electron chi connectivity index (χ3n) is 5.20. The van der Waals surface area contributed by atoms with E-state index < -0.39 is 23.7 Å². The molecule has 0 spiro atoms. The minimum Gasteiger partial charge on any atom is -0.480 e. The number of amides is 1. The average Bonchev–Trinajstić information content (AvgIpc) is 3.06. The van der Waals surface area contributed by atoms with Crippen molar-refractivity contribution in [2.24, 2.45) is 0 Å². The third-order valence-corrected chi connectivity index (χ3v) is 5.20. The van der Waals surface area contributed by atoms with Crippen molar-refractivity contribution in [3.63, 3.8) is 0 Å². The minimum absolute atomic E-state index is 0.0428. The molecule has 6 nitrogen and oxygen atoms in total. The monoisotopic (exact) mass is 369 g/mol. The predicted octanol–water partition coefficient (Wildman–Crippen LogP) is 3.02. The molecule has 1 heterocycles. The smallest absolute Gasteiger partial charge is 0.410 e. The predicted molar refractivity (Wildman–Crippen MR) is 99.2 cm³/mol. The van der Waals surface area contributed by atoms with Gasteiger partial charge in [-0.25, -0.2) is 9.59 Å². The van der Waals surface area contributed by atoms with E-state index in [-0.39, 0.29) is 25.5 Å². The number of carbonyl (C=O) groups is 2. The molecular weight excluding hydrogens is 346 g/mol. The van der Waals surface area contributed by atoms with E-state index >= 15 is 0 Å². The zero-order valence-corrected chi connectivity index (χ0v) is 15.1. The zero-order chi connectivity index (χ0) is 19.4. The fourth-order valence-electron chi connectivity index (χ4n) is 3.50. The van der Waals surface area contributed by atoms with Gasteiger partial charge in [-0.15, -0.1) is 0 Å². The van der Waals surface area contributed by atoms with Crippen LogP contribution in [-0.2, 0) is 16.1 Å². The Morgan fingerprint density at radius 2 is 1.74 bits per heavy atom. The summed E-state index contributed by atoms with van der Waals surface area (Å²) in [6.45, 7) is 1.80. The highest BCUT2D eigenvalue weighted by Gasteiger charge is 2.51. The van der Waals surface area contributed by atoms with Crippen molar-refractivity contribution in [1.29, 1.82) is 0 Å². The molecule has 2 N–H and O–H groups in total. The molecule has 3 rings (SSSR count). The number of rotatable bonds is 5. The number of aliphatic carboxylic acids is 1. The van der Waals surface area contributed by atoms with E-state index in [4.69, 9.17) is 4.74 Å². The van der Waals surface area contributed by atoms with Gasteiger partial charge in [0.2, 0.25) is 0 Å². The summed E-state index contributed by atoms with van der Waals surface area (Å²) in [7, 11) is 0. The molecule has 2 aromatic rings. The van der Waals surface area contributed by atoms with Crippen molar-refractivity contribution in [1.82, 2.24) is 4.90 Å². The number of β-amino-alcohol motifs (C(OH)–C–C–N with tert-alkyl or cyclic N) is 1. The highest BCUT2D eigenvalue weighted by molar-refractivity contribution is 5.81. The molecule has 0 aromatic heterocycles. The first-order valence-corrected chi connectivity index (χ1v) is 8.88. The Hall–Kier alpha value is -2.86. The Labute approximate surface area is 158 Å². The standard InChI is InChI=1S/C21H23NO5/c1-15(17-10-6-3-7-11-17)21(26)12-18(19(23)24)22(14-21)20(25)27-13-16-8-4-2-5-9-16/h2-11,15,18,26H,12-14H2,1H3,(H,23,24)/t15?,18-,21?/m0/s1. The quantitative estimate of drug-likeness (QED) is 0.846. The molecule has 6 heteroatoms. The van der Waals surface area contributed by atoms with Crippen LogP contribution in [0.2, 0.25) is 0 Å². The van der Waals surface area contributed by atoms with Gasteiger partial charge in [-0.1, -0.05) is 67.6 Å². The maximum absolute atomic E-state index is 12.5. The fraction of sp³-hybridized carbons (Fsp3) is 0.333. The van der Waals surface area contributed by atoms with Crippen molar-refractivity contribution in [2.45, 2.75) is 37.5 Å². The first kappa shape index (κ1) is 18.9. The third kappa shape index (κ3) is 4.11. The van der Waals surface area contributed by atoms with Gasteiger partial charge in [0.15, 0.2) is 0 Å². The first-order valence-electron chi connectivity index (χ1n) is 8.88. The van der Waals surface area contributed by atoms with Crippen LogP contribution in [0.4, 0.5) is 4.79 Å². The zero-order valence-electron chi connectivity index (χ0n) is 15.1. The van der Waals surface area contributed by atoms with Crippen LogP contribution in [0.15, 0.2) is 60.7 Å². The van der Waals surface area contributed by atoms with Gasteiger partial charge < -0.3 is 14.9 Å². The molecule has 0 bridgehead atoms. The van der Waals surface area contributed by atoms with Gasteiger partial charge in [-0.3, -0.25) is 4.90 Å². The van der Waals surface area contributed by atoms with Gasteiger partial charge in [0.25, 0.3) is 0 Å². The lowest BCUT2D eigenvalue weighted by molar-refractivity contribution is -0.141. The SMILES string of the molecule is CC(c1ccccc1)C1(O)C[C@@H](C(=O)O)N(C(=O)OCc2ccccc2)C1. The van der Waals surface area contributed by atoms with Gasteiger partial charge >= 0.3 is 12.1 Å². The molecule has 27 heavy (non-hydrogen) atoms. The molecule has 142 valence electrons. The molecule has 1 amide bonds. The minimum atomic E-state index is -1.34. The number of nitrogens with zero attached hydrogens (tertiary/aromatic N) is 1. The molecule has 0 aliphatic carbocycles. The molecule has 3 atom stereocenters. The number of benzene rings is 2.